The Hall–Kier alpha value is -5.72. The first kappa shape index (κ1) is 33.6. The predicted molar refractivity (Wildman–Crippen MR) is 144 cm³/mol. The van der Waals surface area contributed by atoms with Crippen LogP contribution in [0.2, 0.25) is 0 Å². The second kappa shape index (κ2) is 11.8. The molecule has 0 unspecified atom stereocenters. The van der Waals surface area contributed by atoms with Crippen molar-refractivity contribution in [3.8, 4) is 34.4 Å². The van der Waals surface area contributed by atoms with Gasteiger partial charge in [-0.05, 0) is 58.2 Å². The summed E-state index contributed by atoms with van der Waals surface area (Å²) in [7, 11) is 0. The first-order valence-electron chi connectivity index (χ1n) is 12.6. The Morgan fingerprint density at radius 3 is 1.48 bits per heavy atom. The maximum absolute atomic E-state index is 15.5. The zero-order chi connectivity index (χ0) is 35.6. The molecule has 48 heavy (non-hydrogen) atoms. The summed E-state index contributed by atoms with van der Waals surface area (Å²) in [4.78, 5) is 9.73. The van der Waals surface area contributed by atoms with Gasteiger partial charge < -0.3 is 0 Å². The standard InChI is InChI=1S/C30H7F11N6S/c1-8-10(29(44-2)45-3)4-12-14(8)15(18-20(31)25(35)46-26(36)21(18)32)13-5-11(9(6-42)7-43)24(48-30(39,40)41)17(13)16(12)19-22(33)27(37)47-28(38)23(19)34/h4-5H2,1H3. The number of fused-ring (bicyclic) bond motifs is 2. The highest BCUT2D eigenvalue weighted by molar-refractivity contribution is 8.09. The summed E-state index contributed by atoms with van der Waals surface area (Å²) in [6.45, 7) is 15.8. The smallest absolute Gasteiger partial charge is 0.201 e. The normalized spacial score (nSPS) is 13.5. The van der Waals surface area contributed by atoms with Gasteiger partial charge in [0, 0.05) is 22.1 Å². The van der Waals surface area contributed by atoms with Crippen LogP contribution in [0.1, 0.15) is 18.1 Å². The number of rotatable bonds is 3. The van der Waals surface area contributed by atoms with Crippen molar-refractivity contribution >= 4 is 22.2 Å². The third kappa shape index (κ3) is 5.02. The number of nitrogens with zero attached hydrogens (tertiary/aromatic N) is 6. The fourth-order valence-corrected chi connectivity index (χ4v) is 6.56. The molecule has 0 N–H and O–H groups in total. The lowest BCUT2D eigenvalue weighted by atomic mass is 9.86. The number of aromatic nitrogens is 2. The van der Waals surface area contributed by atoms with E-state index in [0.29, 0.717) is 0 Å². The number of nitriles is 2. The number of hydrogen-bond donors (Lipinski definition) is 0. The summed E-state index contributed by atoms with van der Waals surface area (Å²) in [5, 5.41) is 17.5. The fourth-order valence-electron chi connectivity index (χ4n) is 5.70. The van der Waals surface area contributed by atoms with E-state index in [9.17, 15) is 41.3 Å². The minimum absolute atomic E-state index is 0.304. The maximum Gasteiger partial charge on any atom is 0.523 e. The van der Waals surface area contributed by atoms with Crippen molar-refractivity contribution in [2.24, 2.45) is 0 Å². The SMILES string of the molecule is [C-]#[N+]C([N+]#[C-])=C1Cc2c(-c3c(F)c(F)nc(F)c3F)c3c(c(-c4c(F)c(F)nc(F)c4F)c2=C1C)CC(=C(C#N)C#N)C=3SC(F)(F)F. The molecule has 2 aliphatic carbocycles. The summed E-state index contributed by atoms with van der Waals surface area (Å²) in [5.74, 6) is -18.7. The van der Waals surface area contributed by atoms with E-state index in [2.05, 4.69) is 19.7 Å². The molecule has 18 heteroatoms. The largest absolute Gasteiger partial charge is 0.523 e. The lowest BCUT2D eigenvalue weighted by Gasteiger charge is -2.18. The first-order chi connectivity index (χ1) is 22.5. The minimum Gasteiger partial charge on any atom is -0.201 e. The van der Waals surface area contributed by atoms with E-state index < -0.39 is 143 Å². The molecular formula is C30H7F11N6S. The topological polar surface area (TPSA) is 82.1 Å². The molecule has 2 aliphatic rings. The Labute approximate surface area is 264 Å². The van der Waals surface area contributed by atoms with Crippen LogP contribution in [0, 0.1) is 82.9 Å². The van der Waals surface area contributed by atoms with Crippen molar-refractivity contribution < 1.29 is 48.3 Å². The second-order valence-electron chi connectivity index (χ2n) is 9.81. The van der Waals surface area contributed by atoms with E-state index in [0.717, 1.165) is 6.92 Å². The predicted octanol–water partition coefficient (Wildman–Crippen LogP) is 6.96. The van der Waals surface area contributed by atoms with E-state index in [-0.39, 0.29) is 11.1 Å². The summed E-state index contributed by atoms with van der Waals surface area (Å²) < 4.78 is 162. The molecule has 0 saturated carbocycles. The number of benzene rings is 1. The van der Waals surface area contributed by atoms with Crippen LogP contribution in [0.25, 0.3) is 42.4 Å². The van der Waals surface area contributed by atoms with Gasteiger partial charge in [0.15, 0.2) is 23.3 Å². The Balaban J connectivity index is 2.28. The molecule has 2 aromatic heterocycles. The van der Waals surface area contributed by atoms with Crippen molar-refractivity contribution in [2.45, 2.75) is 25.3 Å². The van der Waals surface area contributed by atoms with Crippen LogP contribution in [-0.4, -0.2) is 15.5 Å². The summed E-state index contributed by atoms with van der Waals surface area (Å²) >= 11 is -1.07. The molecule has 240 valence electrons. The van der Waals surface area contributed by atoms with Crippen LogP contribution in [0.5, 0.6) is 0 Å². The maximum atomic E-state index is 15.5. The van der Waals surface area contributed by atoms with Gasteiger partial charge in [-0.1, -0.05) is 0 Å². The van der Waals surface area contributed by atoms with Gasteiger partial charge in [-0.2, -0.15) is 60.9 Å². The Kier molecular flexibility index (Phi) is 8.28. The number of pyridine rings is 2. The molecule has 0 saturated heterocycles. The monoisotopic (exact) mass is 692 g/mol. The van der Waals surface area contributed by atoms with Crippen molar-refractivity contribution in [1.29, 1.82) is 10.5 Å². The number of allylic oxidation sites excluding steroid dienone is 2. The lowest BCUT2D eigenvalue weighted by Crippen LogP contribution is -2.27. The summed E-state index contributed by atoms with van der Waals surface area (Å²) in [6.07, 6.45) is -1.94. The Morgan fingerprint density at radius 1 is 0.688 bits per heavy atom. The molecule has 5 rings (SSSR count). The van der Waals surface area contributed by atoms with Gasteiger partial charge in [0.1, 0.15) is 30.9 Å². The molecule has 0 fully saturated rings. The number of halogens is 11. The van der Waals surface area contributed by atoms with Gasteiger partial charge in [0.05, 0.1) is 16.7 Å². The van der Waals surface area contributed by atoms with Gasteiger partial charge in [-0.25, -0.2) is 17.6 Å². The van der Waals surface area contributed by atoms with E-state index in [4.69, 9.17) is 13.1 Å². The van der Waals surface area contributed by atoms with Crippen LogP contribution in [0.15, 0.2) is 22.5 Å². The van der Waals surface area contributed by atoms with Gasteiger partial charge in [0.25, 0.3) is 23.8 Å². The molecule has 0 aliphatic heterocycles. The number of hydrogen-bond acceptors (Lipinski definition) is 5. The van der Waals surface area contributed by atoms with E-state index in [1.807, 2.05) is 0 Å². The molecule has 1 aromatic carbocycles. The first-order valence-corrected chi connectivity index (χ1v) is 13.5. The molecule has 0 amide bonds. The minimum atomic E-state index is -5.33. The fraction of sp³-hybridized carbons (Fsp3) is 0.133. The average molecular weight is 692 g/mol. The van der Waals surface area contributed by atoms with Gasteiger partial charge >= 0.3 is 11.3 Å². The van der Waals surface area contributed by atoms with Crippen LogP contribution < -0.4 is 10.4 Å². The van der Waals surface area contributed by atoms with E-state index >= 15 is 17.6 Å². The molecule has 6 nitrogen and oxygen atoms in total. The molecule has 0 radical (unpaired) electrons. The van der Waals surface area contributed by atoms with Gasteiger partial charge in [-0.15, -0.1) is 0 Å². The van der Waals surface area contributed by atoms with Crippen LogP contribution in [-0.2, 0) is 12.8 Å². The highest BCUT2D eigenvalue weighted by atomic mass is 32.2. The molecule has 2 heterocycles. The van der Waals surface area contributed by atoms with Crippen molar-refractivity contribution in [2.75, 3.05) is 0 Å². The molecule has 0 bridgehead atoms. The summed E-state index contributed by atoms with van der Waals surface area (Å²) in [5.41, 5.74) is -14.7. The number of alkyl halides is 3. The molecular weight excluding hydrogens is 685 g/mol. The highest BCUT2D eigenvalue weighted by Crippen LogP contribution is 2.48. The average Bonchev–Trinajstić information content (AvgIpc) is 3.54. The van der Waals surface area contributed by atoms with Crippen LogP contribution in [0.3, 0.4) is 0 Å². The van der Waals surface area contributed by atoms with Crippen molar-refractivity contribution in [3.05, 3.63) is 114 Å². The van der Waals surface area contributed by atoms with Crippen LogP contribution >= 0.6 is 11.8 Å². The molecule has 3 aromatic rings. The Bertz CT molecular complexity index is 2320. The third-order valence-electron chi connectivity index (χ3n) is 7.46. The third-order valence-corrected chi connectivity index (χ3v) is 8.35. The number of thioether (sulfide) groups is 1. The second-order valence-corrected chi connectivity index (χ2v) is 10.9. The summed E-state index contributed by atoms with van der Waals surface area (Å²) in [6, 6.07) is 2.66. The van der Waals surface area contributed by atoms with E-state index in [1.54, 1.807) is 0 Å². The zero-order valence-electron chi connectivity index (χ0n) is 23.2. The molecule has 0 spiro atoms. The Morgan fingerprint density at radius 2 is 1.08 bits per heavy atom. The molecule has 0 atom stereocenters. The van der Waals surface area contributed by atoms with E-state index in [1.165, 1.54) is 12.1 Å². The quantitative estimate of drug-likeness (QED) is 0.128. The van der Waals surface area contributed by atoms with Crippen molar-refractivity contribution in [3.63, 3.8) is 0 Å². The van der Waals surface area contributed by atoms with Gasteiger partial charge in [0.2, 0.25) is 0 Å². The van der Waals surface area contributed by atoms with Crippen molar-refractivity contribution in [1.82, 2.24) is 9.97 Å². The van der Waals surface area contributed by atoms with Crippen LogP contribution in [0.4, 0.5) is 48.3 Å². The highest BCUT2D eigenvalue weighted by Gasteiger charge is 2.42. The van der Waals surface area contributed by atoms with Gasteiger partial charge in [-0.3, -0.25) is 0 Å². The lowest BCUT2D eigenvalue weighted by molar-refractivity contribution is -0.0318. The zero-order valence-corrected chi connectivity index (χ0v) is 24.0.